The monoisotopic (exact) mass is 286 g/mol. The van der Waals surface area contributed by atoms with E-state index in [-0.39, 0.29) is 0 Å². The Morgan fingerprint density at radius 3 is 2.55 bits per heavy atom. The second-order valence-electron chi connectivity index (χ2n) is 5.22. The molecular weight excluding hydrogens is 272 g/mol. The van der Waals surface area contributed by atoms with Crippen molar-refractivity contribution < 1.29 is 0 Å². The van der Waals surface area contributed by atoms with Crippen molar-refractivity contribution >= 4 is 10.9 Å². The summed E-state index contributed by atoms with van der Waals surface area (Å²) in [5, 5.41) is 1.01. The van der Waals surface area contributed by atoms with Crippen LogP contribution in [-0.4, -0.2) is 19.9 Å². The lowest BCUT2D eigenvalue weighted by Gasteiger charge is -2.04. The van der Waals surface area contributed by atoms with E-state index >= 15 is 0 Å². The third kappa shape index (κ3) is 2.24. The standard InChI is InChI=1S/C18H14N4/c1-12-10-19-18(21-12)14-7-8-16-15(9-14)11-20-17(22-16)13-5-3-2-4-6-13/h2-11H,1H3,(H,19,21). The molecule has 0 unspecified atom stereocenters. The van der Waals surface area contributed by atoms with Gasteiger partial charge in [0.2, 0.25) is 0 Å². The summed E-state index contributed by atoms with van der Waals surface area (Å²) < 4.78 is 0. The van der Waals surface area contributed by atoms with Gasteiger partial charge in [0.05, 0.1) is 11.2 Å². The highest BCUT2D eigenvalue weighted by molar-refractivity contribution is 5.84. The Morgan fingerprint density at radius 2 is 1.77 bits per heavy atom. The van der Waals surface area contributed by atoms with Crippen LogP contribution >= 0.6 is 0 Å². The van der Waals surface area contributed by atoms with Crippen LogP contribution in [-0.2, 0) is 0 Å². The van der Waals surface area contributed by atoms with E-state index in [1.54, 1.807) is 0 Å². The lowest BCUT2D eigenvalue weighted by atomic mass is 10.1. The van der Waals surface area contributed by atoms with Gasteiger partial charge in [-0.1, -0.05) is 30.3 Å². The smallest absolute Gasteiger partial charge is 0.159 e. The van der Waals surface area contributed by atoms with Crippen LogP contribution in [0, 0.1) is 6.92 Å². The molecule has 4 rings (SSSR count). The quantitative estimate of drug-likeness (QED) is 0.606. The second kappa shape index (κ2) is 5.07. The maximum atomic E-state index is 4.64. The molecule has 0 atom stereocenters. The highest BCUT2D eigenvalue weighted by Crippen LogP contribution is 2.23. The number of benzene rings is 2. The second-order valence-corrected chi connectivity index (χ2v) is 5.22. The molecule has 0 saturated carbocycles. The van der Waals surface area contributed by atoms with E-state index in [9.17, 15) is 0 Å². The molecule has 106 valence electrons. The molecule has 0 aliphatic heterocycles. The van der Waals surface area contributed by atoms with Crippen molar-refractivity contribution in [1.29, 1.82) is 0 Å². The Balaban J connectivity index is 1.79. The Labute approximate surface area is 127 Å². The average molecular weight is 286 g/mol. The molecule has 4 aromatic rings. The van der Waals surface area contributed by atoms with Crippen molar-refractivity contribution in [3.8, 4) is 22.8 Å². The fourth-order valence-corrected chi connectivity index (χ4v) is 2.47. The Kier molecular flexibility index (Phi) is 2.93. The lowest BCUT2D eigenvalue weighted by molar-refractivity contribution is 1.22. The molecule has 0 saturated heterocycles. The van der Waals surface area contributed by atoms with Crippen LogP contribution in [0.25, 0.3) is 33.7 Å². The predicted octanol–water partition coefficient (Wildman–Crippen LogP) is 4.00. The van der Waals surface area contributed by atoms with Gasteiger partial charge in [-0.05, 0) is 25.1 Å². The number of imidazole rings is 1. The molecule has 0 aliphatic carbocycles. The van der Waals surface area contributed by atoms with Gasteiger partial charge in [-0.2, -0.15) is 0 Å². The number of rotatable bonds is 2. The van der Waals surface area contributed by atoms with Crippen LogP contribution < -0.4 is 0 Å². The van der Waals surface area contributed by atoms with Crippen LogP contribution in [0.15, 0.2) is 60.9 Å². The van der Waals surface area contributed by atoms with Crippen molar-refractivity contribution in [2.45, 2.75) is 6.92 Å². The maximum Gasteiger partial charge on any atom is 0.159 e. The minimum absolute atomic E-state index is 0.745. The molecule has 0 spiro atoms. The third-order valence-corrected chi connectivity index (χ3v) is 3.59. The van der Waals surface area contributed by atoms with Gasteiger partial charge in [-0.25, -0.2) is 15.0 Å². The molecule has 0 bridgehead atoms. The summed E-state index contributed by atoms with van der Waals surface area (Å²) in [6, 6.07) is 16.1. The fourth-order valence-electron chi connectivity index (χ4n) is 2.47. The summed E-state index contributed by atoms with van der Waals surface area (Å²) in [6.45, 7) is 1.97. The van der Waals surface area contributed by atoms with E-state index in [0.717, 1.165) is 39.4 Å². The Morgan fingerprint density at radius 1 is 0.909 bits per heavy atom. The maximum absolute atomic E-state index is 4.64. The van der Waals surface area contributed by atoms with Gasteiger partial charge in [0.25, 0.3) is 0 Å². The lowest BCUT2D eigenvalue weighted by Crippen LogP contribution is -1.90. The molecule has 0 radical (unpaired) electrons. The van der Waals surface area contributed by atoms with E-state index in [2.05, 4.69) is 26.0 Å². The average Bonchev–Trinajstić information content (AvgIpc) is 3.01. The topological polar surface area (TPSA) is 54.5 Å². The first-order valence-electron chi connectivity index (χ1n) is 7.14. The van der Waals surface area contributed by atoms with E-state index in [0.29, 0.717) is 0 Å². The summed E-state index contributed by atoms with van der Waals surface area (Å²) >= 11 is 0. The number of aromatic nitrogens is 4. The molecule has 2 aromatic carbocycles. The molecule has 2 aromatic heterocycles. The van der Waals surface area contributed by atoms with Crippen LogP contribution in [0.5, 0.6) is 0 Å². The molecule has 0 aliphatic rings. The number of aromatic amines is 1. The molecule has 4 nitrogen and oxygen atoms in total. The van der Waals surface area contributed by atoms with Gasteiger partial charge in [0.1, 0.15) is 5.82 Å². The van der Waals surface area contributed by atoms with Gasteiger partial charge < -0.3 is 4.98 Å². The van der Waals surface area contributed by atoms with E-state index in [1.165, 1.54) is 0 Å². The number of nitrogens with one attached hydrogen (secondary N) is 1. The largest absolute Gasteiger partial charge is 0.344 e. The zero-order chi connectivity index (χ0) is 14.9. The van der Waals surface area contributed by atoms with Crippen LogP contribution in [0.2, 0.25) is 0 Å². The van der Waals surface area contributed by atoms with Crippen LogP contribution in [0.4, 0.5) is 0 Å². The normalized spacial score (nSPS) is 11.0. The summed E-state index contributed by atoms with van der Waals surface area (Å²) in [6.07, 6.45) is 3.76. The first-order chi connectivity index (χ1) is 10.8. The summed E-state index contributed by atoms with van der Waals surface area (Å²) in [5.41, 5.74) is 3.97. The number of hydrogen-bond donors (Lipinski definition) is 1. The third-order valence-electron chi connectivity index (χ3n) is 3.59. The van der Waals surface area contributed by atoms with Crippen LogP contribution in [0.1, 0.15) is 5.69 Å². The minimum atomic E-state index is 0.745. The Bertz CT molecular complexity index is 942. The van der Waals surface area contributed by atoms with Crippen molar-refractivity contribution in [3.05, 3.63) is 66.6 Å². The number of fused-ring (bicyclic) bond motifs is 1. The molecule has 0 amide bonds. The molecule has 1 N–H and O–H groups in total. The predicted molar refractivity (Wildman–Crippen MR) is 87.3 cm³/mol. The zero-order valence-corrected chi connectivity index (χ0v) is 12.1. The summed E-state index contributed by atoms with van der Waals surface area (Å²) in [7, 11) is 0. The number of nitrogens with zero attached hydrogens (tertiary/aromatic N) is 3. The van der Waals surface area contributed by atoms with E-state index in [1.807, 2.05) is 61.8 Å². The SMILES string of the molecule is Cc1c[nH]c(-c2ccc3nc(-c4ccccc4)ncc3c2)n1. The van der Waals surface area contributed by atoms with Gasteiger partial charge in [-0.15, -0.1) is 0 Å². The van der Waals surface area contributed by atoms with Gasteiger partial charge in [0.15, 0.2) is 5.82 Å². The number of hydrogen-bond acceptors (Lipinski definition) is 3. The molecule has 4 heteroatoms. The fraction of sp³-hybridized carbons (Fsp3) is 0.0556. The molecule has 2 heterocycles. The van der Waals surface area contributed by atoms with Gasteiger partial charge in [-0.3, -0.25) is 0 Å². The molecule has 22 heavy (non-hydrogen) atoms. The van der Waals surface area contributed by atoms with E-state index < -0.39 is 0 Å². The van der Waals surface area contributed by atoms with Gasteiger partial charge >= 0.3 is 0 Å². The summed E-state index contributed by atoms with van der Waals surface area (Å²) in [5.74, 6) is 1.61. The van der Waals surface area contributed by atoms with Crippen molar-refractivity contribution in [3.63, 3.8) is 0 Å². The Hall–Kier alpha value is -3.01. The zero-order valence-electron chi connectivity index (χ0n) is 12.1. The van der Waals surface area contributed by atoms with Crippen molar-refractivity contribution in [2.24, 2.45) is 0 Å². The molecule has 0 fully saturated rings. The highest BCUT2D eigenvalue weighted by atomic mass is 14.9. The first-order valence-corrected chi connectivity index (χ1v) is 7.14. The molecular formula is C18H14N4. The number of aryl methyl sites for hydroxylation is 1. The van der Waals surface area contributed by atoms with Crippen molar-refractivity contribution in [1.82, 2.24) is 19.9 Å². The van der Waals surface area contributed by atoms with Gasteiger partial charge in [0, 0.05) is 28.9 Å². The highest BCUT2D eigenvalue weighted by Gasteiger charge is 2.06. The number of H-pyrrole nitrogens is 1. The van der Waals surface area contributed by atoms with Crippen LogP contribution in [0.3, 0.4) is 0 Å². The summed E-state index contributed by atoms with van der Waals surface area (Å²) in [4.78, 5) is 16.7. The minimum Gasteiger partial charge on any atom is -0.344 e. The first kappa shape index (κ1) is 12.7. The van der Waals surface area contributed by atoms with E-state index in [4.69, 9.17) is 0 Å². The van der Waals surface area contributed by atoms with Crippen molar-refractivity contribution in [2.75, 3.05) is 0 Å².